The Balaban J connectivity index is 2.34. The van der Waals surface area contributed by atoms with Crippen molar-refractivity contribution in [2.45, 2.75) is 27.2 Å². The van der Waals surface area contributed by atoms with E-state index in [2.05, 4.69) is 49.2 Å². The van der Waals surface area contributed by atoms with Crippen LogP contribution in [0.5, 0.6) is 0 Å². The molecule has 0 spiro atoms. The molecule has 2 heteroatoms. The second-order valence-corrected chi connectivity index (χ2v) is 5.00. The number of allylic oxidation sites excluding steroid dienone is 7. The van der Waals surface area contributed by atoms with Crippen LogP contribution in [0.15, 0.2) is 52.2 Å². The third kappa shape index (κ3) is 2.76. The molecule has 2 rings (SSSR count). The van der Waals surface area contributed by atoms with Crippen molar-refractivity contribution in [2.24, 2.45) is 22.6 Å². The summed E-state index contributed by atoms with van der Waals surface area (Å²) in [7, 11) is 0. The van der Waals surface area contributed by atoms with E-state index in [-0.39, 0.29) is 0 Å². The molecule has 0 aliphatic heterocycles. The van der Waals surface area contributed by atoms with E-state index >= 15 is 0 Å². The van der Waals surface area contributed by atoms with E-state index in [4.69, 9.17) is 5.73 Å². The van der Waals surface area contributed by atoms with Crippen LogP contribution in [0.2, 0.25) is 0 Å². The minimum absolute atomic E-state index is 0.475. The molecule has 0 heterocycles. The van der Waals surface area contributed by atoms with Crippen molar-refractivity contribution in [1.29, 1.82) is 0 Å². The molecule has 2 unspecified atom stereocenters. The third-order valence-electron chi connectivity index (χ3n) is 3.24. The fourth-order valence-corrected chi connectivity index (χ4v) is 2.49. The molecule has 0 amide bonds. The van der Waals surface area contributed by atoms with E-state index in [0.717, 1.165) is 12.1 Å². The van der Waals surface area contributed by atoms with Gasteiger partial charge >= 0.3 is 0 Å². The molecule has 2 aliphatic carbocycles. The number of rotatable bonds is 1. The predicted molar refractivity (Wildman–Crippen MR) is 73.6 cm³/mol. The normalized spacial score (nSPS) is 28.9. The number of nitrogens with two attached hydrogens (primary N) is 1. The quantitative estimate of drug-likeness (QED) is 0.542. The van der Waals surface area contributed by atoms with Crippen molar-refractivity contribution in [3.8, 4) is 0 Å². The largest absolute Gasteiger partial charge is 0.387 e. The Hall–Kier alpha value is -1.57. The summed E-state index contributed by atoms with van der Waals surface area (Å²) in [6.07, 6.45) is 12.2. The Labute approximate surface area is 103 Å². The maximum absolute atomic E-state index is 5.65. The molecule has 0 aromatic heterocycles. The molecule has 0 radical (unpaired) electrons. The van der Waals surface area contributed by atoms with Crippen molar-refractivity contribution in [2.75, 3.05) is 0 Å². The lowest BCUT2D eigenvalue weighted by Gasteiger charge is -2.22. The van der Waals surface area contributed by atoms with E-state index in [1.54, 1.807) is 0 Å². The molecule has 0 fully saturated rings. The van der Waals surface area contributed by atoms with Gasteiger partial charge in [0.2, 0.25) is 0 Å². The van der Waals surface area contributed by atoms with Gasteiger partial charge in [-0.15, -0.1) is 0 Å². The SMILES string of the molecule is CC1=CC(N=C(C)N)=CC2CC(C)C=CC=C12. The van der Waals surface area contributed by atoms with Gasteiger partial charge in [-0.1, -0.05) is 31.2 Å². The highest BCUT2D eigenvalue weighted by molar-refractivity contribution is 5.79. The van der Waals surface area contributed by atoms with Gasteiger partial charge in [0.1, 0.15) is 0 Å². The summed E-state index contributed by atoms with van der Waals surface area (Å²) in [5, 5.41) is 0. The van der Waals surface area contributed by atoms with E-state index in [0.29, 0.717) is 17.7 Å². The Morgan fingerprint density at radius 3 is 2.94 bits per heavy atom. The molecule has 0 saturated heterocycles. The van der Waals surface area contributed by atoms with Gasteiger partial charge in [0, 0.05) is 5.92 Å². The minimum Gasteiger partial charge on any atom is -0.387 e. The van der Waals surface area contributed by atoms with Crippen molar-refractivity contribution < 1.29 is 0 Å². The fourth-order valence-electron chi connectivity index (χ4n) is 2.49. The van der Waals surface area contributed by atoms with Crippen LogP contribution < -0.4 is 5.73 Å². The fraction of sp³-hybridized carbons (Fsp3) is 0.400. The highest BCUT2D eigenvalue weighted by atomic mass is 14.8. The average Bonchev–Trinajstić information content (AvgIpc) is 2.38. The first-order chi connectivity index (χ1) is 8.06. The van der Waals surface area contributed by atoms with Crippen LogP contribution in [-0.4, -0.2) is 5.84 Å². The number of nitrogens with zero attached hydrogens (tertiary/aromatic N) is 1. The molecule has 0 aromatic carbocycles. The van der Waals surface area contributed by atoms with E-state index in [9.17, 15) is 0 Å². The van der Waals surface area contributed by atoms with Gasteiger partial charge in [-0.2, -0.15) is 0 Å². The Kier molecular flexibility index (Phi) is 3.32. The van der Waals surface area contributed by atoms with Gasteiger partial charge in [0.15, 0.2) is 0 Å². The van der Waals surface area contributed by atoms with E-state index in [1.165, 1.54) is 11.1 Å². The number of fused-ring (bicyclic) bond motifs is 1. The molecule has 0 saturated carbocycles. The van der Waals surface area contributed by atoms with Crippen LogP contribution in [0.4, 0.5) is 0 Å². The number of hydrogen-bond donors (Lipinski definition) is 1. The zero-order valence-corrected chi connectivity index (χ0v) is 10.8. The molecule has 2 N–H and O–H groups in total. The second kappa shape index (κ2) is 4.74. The first-order valence-corrected chi connectivity index (χ1v) is 6.16. The van der Waals surface area contributed by atoms with Crippen LogP contribution in [0, 0.1) is 11.8 Å². The molecular formula is C15H20N2. The van der Waals surface area contributed by atoms with Crippen LogP contribution >= 0.6 is 0 Å². The average molecular weight is 228 g/mol. The maximum atomic E-state index is 5.65. The van der Waals surface area contributed by atoms with Gasteiger partial charge in [-0.3, -0.25) is 0 Å². The van der Waals surface area contributed by atoms with E-state index < -0.39 is 0 Å². The van der Waals surface area contributed by atoms with Crippen LogP contribution in [0.3, 0.4) is 0 Å². The lowest BCUT2D eigenvalue weighted by Crippen LogP contribution is -2.11. The Morgan fingerprint density at radius 2 is 2.24 bits per heavy atom. The number of amidine groups is 1. The smallest absolute Gasteiger partial charge is 0.0964 e. The van der Waals surface area contributed by atoms with Crippen molar-refractivity contribution in [1.82, 2.24) is 0 Å². The zero-order chi connectivity index (χ0) is 12.4. The van der Waals surface area contributed by atoms with Gasteiger partial charge in [-0.25, -0.2) is 4.99 Å². The minimum atomic E-state index is 0.475. The lowest BCUT2D eigenvalue weighted by molar-refractivity contribution is 0.565. The summed E-state index contributed by atoms with van der Waals surface area (Å²) < 4.78 is 0. The lowest BCUT2D eigenvalue weighted by atomic mass is 9.83. The summed E-state index contributed by atoms with van der Waals surface area (Å²) in [4.78, 5) is 4.37. The van der Waals surface area contributed by atoms with Gasteiger partial charge in [0.25, 0.3) is 0 Å². The van der Waals surface area contributed by atoms with Crippen LogP contribution in [-0.2, 0) is 0 Å². The molecule has 2 aliphatic rings. The third-order valence-corrected chi connectivity index (χ3v) is 3.24. The molecule has 0 aromatic rings. The van der Waals surface area contributed by atoms with Crippen LogP contribution in [0.1, 0.15) is 27.2 Å². The van der Waals surface area contributed by atoms with Gasteiger partial charge in [-0.05, 0) is 43.4 Å². The van der Waals surface area contributed by atoms with Crippen molar-refractivity contribution in [3.05, 3.63) is 47.2 Å². The zero-order valence-electron chi connectivity index (χ0n) is 10.8. The number of aliphatic imine (C=N–C) groups is 1. The molecule has 0 bridgehead atoms. The highest BCUT2D eigenvalue weighted by Crippen LogP contribution is 2.35. The highest BCUT2D eigenvalue weighted by Gasteiger charge is 2.21. The monoisotopic (exact) mass is 228 g/mol. The summed E-state index contributed by atoms with van der Waals surface area (Å²) in [6.45, 7) is 6.23. The molecule has 2 nitrogen and oxygen atoms in total. The predicted octanol–water partition coefficient (Wildman–Crippen LogP) is 3.35. The van der Waals surface area contributed by atoms with Gasteiger partial charge in [0.05, 0.1) is 11.5 Å². The summed E-state index contributed by atoms with van der Waals surface area (Å²) in [5.74, 6) is 1.70. The number of hydrogen-bond acceptors (Lipinski definition) is 1. The summed E-state index contributed by atoms with van der Waals surface area (Å²) in [6, 6.07) is 0. The first kappa shape index (κ1) is 11.9. The first-order valence-electron chi connectivity index (χ1n) is 6.16. The Bertz CT molecular complexity index is 457. The topological polar surface area (TPSA) is 38.4 Å². The van der Waals surface area contributed by atoms with Crippen molar-refractivity contribution in [3.63, 3.8) is 0 Å². The van der Waals surface area contributed by atoms with Gasteiger partial charge < -0.3 is 5.73 Å². The van der Waals surface area contributed by atoms with Crippen LogP contribution in [0.25, 0.3) is 0 Å². The summed E-state index contributed by atoms with van der Waals surface area (Å²) in [5.41, 5.74) is 9.36. The van der Waals surface area contributed by atoms with Crippen molar-refractivity contribution >= 4 is 5.84 Å². The van der Waals surface area contributed by atoms with E-state index in [1.807, 2.05) is 6.92 Å². The molecule has 2 atom stereocenters. The standard InChI is InChI=1S/C15H20N2/c1-10-5-4-6-15-11(2)8-14(17-12(3)16)9-13(15)7-10/h4-6,8-10,13H,7H2,1-3H3,(H2,16,17). The summed E-state index contributed by atoms with van der Waals surface area (Å²) >= 11 is 0. The Morgan fingerprint density at radius 1 is 1.47 bits per heavy atom. The molecule has 17 heavy (non-hydrogen) atoms. The molecular weight excluding hydrogens is 208 g/mol. The maximum Gasteiger partial charge on any atom is 0.0964 e. The second-order valence-electron chi connectivity index (χ2n) is 5.00. The molecule has 90 valence electrons.